The molecule has 1 aliphatic rings. The second-order valence-corrected chi connectivity index (χ2v) is 6.84. The molecule has 1 saturated carbocycles. The van der Waals surface area contributed by atoms with Gasteiger partial charge in [0.25, 0.3) is 5.91 Å². The Kier molecular flexibility index (Phi) is 3.64. The second-order valence-electron chi connectivity index (χ2n) is 6.84. The summed E-state index contributed by atoms with van der Waals surface area (Å²) in [6.07, 6.45) is 2.59. The molecular formula is C21H22N2O. The summed E-state index contributed by atoms with van der Waals surface area (Å²) in [6.45, 7) is 4.71. The number of carbonyl (C=O) groups excluding carboxylic acids is 1. The van der Waals surface area contributed by atoms with E-state index in [1.165, 1.54) is 29.5 Å². The molecule has 2 N–H and O–H groups in total. The van der Waals surface area contributed by atoms with Crippen LogP contribution in [0.2, 0.25) is 0 Å². The lowest BCUT2D eigenvalue weighted by Gasteiger charge is -2.07. The maximum atomic E-state index is 12.5. The zero-order chi connectivity index (χ0) is 16.7. The number of fused-ring (bicyclic) bond motifs is 1. The summed E-state index contributed by atoms with van der Waals surface area (Å²) in [7, 11) is 0. The first-order valence-corrected chi connectivity index (χ1v) is 8.58. The molecule has 122 valence electrons. The predicted molar refractivity (Wildman–Crippen MR) is 97.4 cm³/mol. The minimum atomic E-state index is -0.0213. The minimum Gasteiger partial charge on any atom is -0.358 e. The molecule has 4 rings (SSSR count). The van der Waals surface area contributed by atoms with Crippen molar-refractivity contribution in [3.63, 3.8) is 0 Å². The van der Waals surface area contributed by atoms with Crippen LogP contribution in [0.1, 0.15) is 51.5 Å². The lowest BCUT2D eigenvalue weighted by molar-refractivity contribution is 0.0951. The van der Waals surface area contributed by atoms with Gasteiger partial charge in [-0.3, -0.25) is 4.79 Å². The molecule has 0 radical (unpaired) electrons. The summed E-state index contributed by atoms with van der Waals surface area (Å²) in [4.78, 5) is 15.8. The van der Waals surface area contributed by atoms with E-state index in [-0.39, 0.29) is 5.91 Å². The van der Waals surface area contributed by atoms with E-state index in [1.54, 1.807) is 0 Å². The van der Waals surface area contributed by atoms with Crippen molar-refractivity contribution in [3.8, 4) is 0 Å². The van der Waals surface area contributed by atoms with Gasteiger partial charge in [-0.2, -0.15) is 0 Å². The lowest BCUT2D eigenvalue weighted by Crippen LogP contribution is -2.22. The minimum absolute atomic E-state index is 0.0213. The van der Waals surface area contributed by atoms with Crippen LogP contribution in [-0.2, 0) is 6.54 Å². The van der Waals surface area contributed by atoms with Gasteiger partial charge in [-0.15, -0.1) is 0 Å². The summed E-state index contributed by atoms with van der Waals surface area (Å²) >= 11 is 0. The lowest BCUT2D eigenvalue weighted by atomic mass is 10.1. The van der Waals surface area contributed by atoms with E-state index in [0.717, 1.165) is 22.5 Å². The SMILES string of the molecule is Cc1[nH]c2ccc(C(=O)NCc3cccc(C4CC4)c3)cc2c1C. The fourth-order valence-electron chi connectivity index (χ4n) is 3.26. The first-order chi connectivity index (χ1) is 11.6. The molecule has 0 saturated heterocycles. The van der Waals surface area contributed by atoms with Crippen LogP contribution in [0.4, 0.5) is 0 Å². The third-order valence-corrected chi connectivity index (χ3v) is 5.02. The van der Waals surface area contributed by atoms with Crippen LogP contribution in [0, 0.1) is 13.8 Å². The Morgan fingerprint density at radius 3 is 2.79 bits per heavy atom. The van der Waals surface area contributed by atoms with Gasteiger partial charge in [0, 0.05) is 28.7 Å². The van der Waals surface area contributed by atoms with Gasteiger partial charge in [0.2, 0.25) is 0 Å². The van der Waals surface area contributed by atoms with Gasteiger partial charge in [-0.25, -0.2) is 0 Å². The van der Waals surface area contributed by atoms with E-state index in [0.29, 0.717) is 12.1 Å². The summed E-state index contributed by atoms with van der Waals surface area (Å²) in [6, 6.07) is 14.4. The maximum Gasteiger partial charge on any atom is 0.251 e. The Morgan fingerprint density at radius 1 is 1.17 bits per heavy atom. The first-order valence-electron chi connectivity index (χ1n) is 8.58. The molecule has 1 aliphatic carbocycles. The Bertz CT molecular complexity index is 919. The number of aromatic amines is 1. The number of benzene rings is 2. The van der Waals surface area contributed by atoms with E-state index in [1.807, 2.05) is 18.2 Å². The van der Waals surface area contributed by atoms with Crippen molar-refractivity contribution < 1.29 is 4.79 Å². The molecule has 3 aromatic rings. The topological polar surface area (TPSA) is 44.9 Å². The summed E-state index contributed by atoms with van der Waals surface area (Å²) in [5.74, 6) is 0.717. The highest BCUT2D eigenvalue weighted by molar-refractivity contribution is 5.99. The molecule has 0 bridgehead atoms. The van der Waals surface area contributed by atoms with Crippen LogP contribution in [0.25, 0.3) is 10.9 Å². The number of carbonyl (C=O) groups is 1. The fourth-order valence-corrected chi connectivity index (χ4v) is 3.26. The molecule has 1 heterocycles. The van der Waals surface area contributed by atoms with Gasteiger partial charge in [0.15, 0.2) is 0 Å². The Labute approximate surface area is 142 Å². The van der Waals surface area contributed by atoms with Crippen LogP contribution in [-0.4, -0.2) is 10.9 Å². The maximum absolute atomic E-state index is 12.5. The zero-order valence-electron chi connectivity index (χ0n) is 14.1. The Morgan fingerprint density at radius 2 is 2.00 bits per heavy atom. The molecule has 2 aromatic carbocycles. The van der Waals surface area contributed by atoms with E-state index in [4.69, 9.17) is 0 Å². The summed E-state index contributed by atoms with van der Waals surface area (Å²) in [5.41, 5.74) is 6.72. The van der Waals surface area contributed by atoms with Crippen LogP contribution in [0.3, 0.4) is 0 Å². The number of hydrogen-bond donors (Lipinski definition) is 2. The third-order valence-electron chi connectivity index (χ3n) is 5.02. The average Bonchev–Trinajstić information content (AvgIpc) is 3.41. The first kappa shape index (κ1) is 15.0. The van der Waals surface area contributed by atoms with Gasteiger partial charge >= 0.3 is 0 Å². The van der Waals surface area contributed by atoms with E-state index in [9.17, 15) is 4.79 Å². The molecule has 1 amide bonds. The molecule has 1 fully saturated rings. The Balaban J connectivity index is 1.49. The van der Waals surface area contributed by atoms with Crippen molar-refractivity contribution in [1.82, 2.24) is 10.3 Å². The third kappa shape index (κ3) is 2.82. The van der Waals surface area contributed by atoms with Gasteiger partial charge in [-0.05, 0) is 67.5 Å². The molecule has 3 heteroatoms. The number of amides is 1. The smallest absolute Gasteiger partial charge is 0.251 e. The highest BCUT2D eigenvalue weighted by atomic mass is 16.1. The second kappa shape index (κ2) is 5.82. The van der Waals surface area contributed by atoms with Gasteiger partial charge in [-0.1, -0.05) is 24.3 Å². The van der Waals surface area contributed by atoms with Crippen LogP contribution in [0.5, 0.6) is 0 Å². The Hall–Kier alpha value is -2.55. The standard InChI is InChI=1S/C21H22N2O/c1-13-14(2)23-20-9-8-18(11-19(13)20)21(24)22-12-15-4-3-5-17(10-15)16-6-7-16/h3-5,8-11,16,23H,6-7,12H2,1-2H3,(H,22,24). The van der Waals surface area contributed by atoms with Crippen molar-refractivity contribution in [2.45, 2.75) is 39.2 Å². The van der Waals surface area contributed by atoms with Crippen molar-refractivity contribution >= 4 is 16.8 Å². The predicted octanol–water partition coefficient (Wildman–Crippen LogP) is 4.59. The van der Waals surface area contributed by atoms with Crippen molar-refractivity contribution in [2.24, 2.45) is 0 Å². The summed E-state index contributed by atoms with van der Waals surface area (Å²) in [5, 5.41) is 4.16. The summed E-state index contributed by atoms with van der Waals surface area (Å²) < 4.78 is 0. The van der Waals surface area contributed by atoms with Crippen molar-refractivity contribution in [2.75, 3.05) is 0 Å². The monoisotopic (exact) mass is 318 g/mol. The van der Waals surface area contributed by atoms with Crippen molar-refractivity contribution in [3.05, 3.63) is 70.4 Å². The molecule has 0 atom stereocenters. The number of nitrogens with one attached hydrogen (secondary N) is 2. The molecule has 1 aromatic heterocycles. The number of rotatable bonds is 4. The van der Waals surface area contributed by atoms with E-state index in [2.05, 4.69) is 48.4 Å². The quantitative estimate of drug-likeness (QED) is 0.726. The molecule has 3 nitrogen and oxygen atoms in total. The largest absolute Gasteiger partial charge is 0.358 e. The van der Waals surface area contributed by atoms with Crippen LogP contribution in [0.15, 0.2) is 42.5 Å². The highest BCUT2D eigenvalue weighted by Crippen LogP contribution is 2.40. The molecule has 0 unspecified atom stereocenters. The highest BCUT2D eigenvalue weighted by Gasteiger charge is 2.23. The van der Waals surface area contributed by atoms with Gasteiger partial charge in [0.05, 0.1) is 0 Å². The number of aromatic nitrogens is 1. The van der Waals surface area contributed by atoms with Crippen molar-refractivity contribution in [1.29, 1.82) is 0 Å². The van der Waals surface area contributed by atoms with Crippen LogP contribution >= 0.6 is 0 Å². The average molecular weight is 318 g/mol. The van der Waals surface area contributed by atoms with E-state index >= 15 is 0 Å². The number of H-pyrrole nitrogens is 1. The molecular weight excluding hydrogens is 296 g/mol. The zero-order valence-corrected chi connectivity index (χ0v) is 14.1. The van der Waals surface area contributed by atoms with E-state index < -0.39 is 0 Å². The number of aryl methyl sites for hydroxylation is 2. The molecule has 0 spiro atoms. The van der Waals surface area contributed by atoms with Gasteiger partial charge in [0.1, 0.15) is 0 Å². The molecule has 0 aliphatic heterocycles. The molecule has 24 heavy (non-hydrogen) atoms. The fraction of sp³-hybridized carbons (Fsp3) is 0.286. The van der Waals surface area contributed by atoms with Crippen LogP contribution < -0.4 is 5.32 Å². The number of hydrogen-bond acceptors (Lipinski definition) is 1. The van der Waals surface area contributed by atoms with Gasteiger partial charge < -0.3 is 10.3 Å². The normalized spacial score (nSPS) is 14.1.